The Balaban J connectivity index is 2.49. The second kappa shape index (κ2) is 2.66. The van der Waals surface area contributed by atoms with Crippen LogP contribution in [0.5, 0.6) is 11.5 Å². The van der Waals surface area contributed by atoms with Crippen molar-refractivity contribution in [1.29, 1.82) is 0 Å². The van der Waals surface area contributed by atoms with E-state index in [9.17, 15) is 0 Å². The van der Waals surface area contributed by atoms with Crippen LogP contribution in [0.25, 0.3) is 0 Å². The molecule has 0 radical (unpaired) electrons. The first kappa shape index (κ1) is 7.40. The van der Waals surface area contributed by atoms with Crippen molar-refractivity contribution >= 4 is 0 Å². The lowest BCUT2D eigenvalue weighted by molar-refractivity contribution is 0.173. The summed E-state index contributed by atoms with van der Waals surface area (Å²) < 4.78 is 10.5. The molecule has 0 fully saturated rings. The molecule has 0 saturated carbocycles. The van der Waals surface area contributed by atoms with Crippen LogP contribution < -0.4 is 9.47 Å². The van der Waals surface area contributed by atoms with Crippen LogP contribution in [0.4, 0.5) is 0 Å². The minimum Gasteiger partial charge on any atom is -0.453 e. The fourth-order valence-corrected chi connectivity index (χ4v) is 1.27. The quantitative estimate of drug-likeness (QED) is 0.637. The van der Waals surface area contributed by atoms with Crippen LogP contribution >= 0.6 is 0 Å². The molecule has 2 rings (SSSR count). The number of hydrogen-bond donors (Lipinski definition) is 0. The molecule has 1 aromatic heterocycles. The van der Waals surface area contributed by atoms with E-state index in [1.807, 2.05) is 6.07 Å². The van der Waals surface area contributed by atoms with E-state index < -0.39 is 0 Å². The highest BCUT2D eigenvalue weighted by atomic mass is 16.7. The number of ether oxygens (including phenoxy) is 2. The fraction of sp³-hybridized carbons (Fsp3) is 0.444. The minimum atomic E-state index is 0.320. The highest BCUT2D eigenvalue weighted by molar-refractivity contribution is 5.45. The minimum absolute atomic E-state index is 0.320. The lowest BCUT2D eigenvalue weighted by Crippen LogP contribution is -1.96. The van der Waals surface area contributed by atoms with Gasteiger partial charge >= 0.3 is 0 Å². The second-order valence-electron chi connectivity index (χ2n) is 3.08. The normalized spacial score (nSPS) is 13.9. The molecule has 0 amide bonds. The number of pyridine rings is 1. The van der Waals surface area contributed by atoms with Gasteiger partial charge in [-0.15, -0.1) is 0 Å². The molecule has 0 aromatic carbocycles. The van der Waals surface area contributed by atoms with Gasteiger partial charge in [-0.25, -0.2) is 0 Å². The Labute approximate surface area is 71.3 Å². The van der Waals surface area contributed by atoms with Gasteiger partial charge in [-0.2, -0.15) is 0 Å². The van der Waals surface area contributed by atoms with Crippen molar-refractivity contribution in [3.8, 4) is 11.5 Å². The number of aromatic nitrogens is 1. The molecule has 1 aliphatic heterocycles. The van der Waals surface area contributed by atoms with Gasteiger partial charge in [0.2, 0.25) is 6.79 Å². The monoisotopic (exact) mass is 165 g/mol. The zero-order valence-electron chi connectivity index (χ0n) is 7.20. The molecule has 0 spiro atoms. The van der Waals surface area contributed by atoms with Gasteiger partial charge < -0.3 is 9.47 Å². The third kappa shape index (κ3) is 1.02. The summed E-state index contributed by atoms with van der Waals surface area (Å²) in [6.07, 6.45) is 1.75. The highest BCUT2D eigenvalue weighted by Gasteiger charge is 2.19. The summed E-state index contributed by atoms with van der Waals surface area (Å²) in [6, 6.07) is 1.83. The zero-order chi connectivity index (χ0) is 8.55. The van der Waals surface area contributed by atoms with E-state index in [0.717, 1.165) is 17.2 Å². The Hall–Kier alpha value is -1.25. The van der Waals surface area contributed by atoms with E-state index in [1.165, 1.54) is 0 Å². The predicted molar refractivity (Wildman–Crippen MR) is 44.4 cm³/mol. The van der Waals surface area contributed by atoms with Crippen molar-refractivity contribution in [2.75, 3.05) is 6.79 Å². The number of hydrogen-bond acceptors (Lipinski definition) is 3. The molecule has 3 heteroatoms. The average molecular weight is 165 g/mol. The Morgan fingerprint density at radius 3 is 3.00 bits per heavy atom. The molecular weight excluding hydrogens is 154 g/mol. The lowest BCUT2D eigenvalue weighted by Gasteiger charge is -2.06. The van der Waals surface area contributed by atoms with Crippen LogP contribution in [-0.4, -0.2) is 11.8 Å². The van der Waals surface area contributed by atoms with Crippen molar-refractivity contribution in [1.82, 2.24) is 4.98 Å². The Bertz CT molecular complexity index is 297. The maximum atomic E-state index is 5.31. The summed E-state index contributed by atoms with van der Waals surface area (Å²) in [5.74, 6) is 2.00. The summed E-state index contributed by atoms with van der Waals surface area (Å²) in [7, 11) is 0. The molecule has 12 heavy (non-hydrogen) atoms. The van der Waals surface area contributed by atoms with Crippen molar-refractivity contribution in [2.45, 2.75) is 19.8 Å². The molecule has 0 aliphatic carbocycles. The third-order valence-electron chi connectivity index (χ3n) is 1.86. The van der Waals surface area contributed by atoms with E-state index in [1.54, 1.807) is 6.20 Å². The molecule has 1 aliphatic rings. The van der Waals surface area contributed by atoms with Crippen molar-refractivity contribution in [3.63, 3.8) is 0 Å². The van der Waals surface area contributed by atoms with Crippen LogP contribution in [0.3, 0.4) is 0 Å². The Kier molecular flexibility index (Phi) is 1.64. The highest BCUT2D eigenvalue weighted by Crippen LogP contribution is 2.36. The molecule has 0 N–H and O–H groups in total. The third-order valence-corrected chi connectivity index (χ3v) is 1.86. The average Bonchev–Trinajstić information content (AvgIpc) is 2.49. The van der Waals surface area contributed by atoms with E-state index in [0.29, 0.717) is 12.7 Å². The molecule has 2 heterocycles. The molecule has 0 saturated heterocycles. The fourth-order valence-electron chi connectivity index (χ4n) is 1.27. The number of rotatable bonds is 1. The first-order valence-corrected chi connectivity index (χ1v) is 4.03. The molecular formula is C9H11NO2. The summed E-state index contributed by atoms with van der Waals surface area (Å²) in [5.41, 5.74) is 0.977. The van der Waals surface area contributed by atoms with Gasteiger partial charge in [0.15, 0.2) is 11.5 Å². The number of nitrogens with zero attached hydrogens (tertiary/aromatic N) is 1. The largest absolute Gasteiger partial charge is 0.453 e. The van der Waals surface area contributed by atoms with Gasteiger partial charge in [0.1, 0.15) is 0 Å². The molecule has 64 valence electrons. The van der Waals surface area contributed by atoms with Crippen molar-refractivity contribution < 1.29 is 9.47 Å². The van der Waals surface area contributed by atoms with E-state index in [-0.39, 0.29) is 0 Å². The standard InChI is InChI=1S/C9H11NO2/c1-6(2)8-9-7(3-4-10-8)11-5-12-9/h3-4,6H,5H2,1-2H3. The van der Waals surface area contributed by atoms with Crippen LogP contribution in [0.15, 0.2) is 12.3 Å². The first-order chi connectivity index (χ1) is 5.79. The van der Waals surface area contributed by atoms with Gasteiger partial charge in [-0.3, -0.25) is 4.98 Å². The van der Waals surface area contributed by atoms with Gasteiger partial charge in [-0.1, -0.05) is 13.8 Å². The molecule has 1 aromatic rings. The molecule has 0 bridgehead atoms. The van der Waals surface area contributed by atoms with E-state index in [4.69, 9.17) is 9.47 Å². The van der Waals surface area contributed by atoms with Crippen LogP contribution in [0.2, 0.25) is 0 Å². The van der Waals surface area contributed by atoms with Gasteiger partial charge in [0.05, 0.1) is 5.69 Å². The summed E-state index contributed by atoms with van der Waals surface area (Å²) in [4.78, 5) is 4.24. The summed E-state index contributed by atoms with van der Waals surface area (Å²) in [6.45, 7) is 4.50. The summed E-state index contributed by atoms with van der Waals surface area (Å²) >= 11 is 0. The van der Waals surface area contributed by atoms with Gasteiger partial charge in [-0.05, 0) is 5.92 Å². The predicted octanol–water partition coefficient (Wildman–Crippen LogP) is 1.93. The van der Waals surface area contributed by atoms with Crippen LogP contribution in [0, 0.1) is 0 Å². The Morgan fingerprint density at radius 2 is 2.25 bits per heavy atom. The molecule has 0 atom stereocenters. The second-order valence-corrected chi connectivity index (χ2v) is 3.08. The van der Waals surface area contributed by atoms with Crippen molar-refractivity contribution in [2.24, 2.45) is 0 Å². The maximum absolute atomic E-state index is 5.31. The molecule has 3 nitrogen and oxygen atoms in total. The SMILES string of the molecule is CC(C)c1nccc2c1OCO2. The lowest BCUT2D eigenvalue weighted by atomic mass is 10.1. The van der Waals surface area contributed by atoms with E-state index in [2.05, 4.69) is 18.8 Å². The molecule has 0 unspecified atom stereocenters. The van der Waals surface area contributed by atoms with Gasteiger partial charge in [0.25, 0.3) is 0 Å². The van der Waals surface area contributed by atoms with Crippen molar-refractivity contribution in [3.05, 3.63) is 18.0 Å². The smallest absolute Gasteiger partial charge is 0.231 e. The maximum Gasteiger partial charge on any atom is 0.231 e. The number of fused-ring (bicyclic) bond motifs is 1. The van der Waals surface area contributed by atoms with Crippen LogP contribution in [0.1, 0.15) is 25.5 Å². The zero-order valence-corrected chi connectivity index (χ0v) is 7.20. The topological polar surface area (TPSA) is 31.4 Å². The Morgan fingerprint density at radius 1 is 1.42 bits per heavy atom. The first-order valence-electron chi connectivity index (χ1n) is 4.03. The van der Waals surface area contributed by atoms with Gasteiger partial charge in [0, 0.05) is 12.3 Å². The van der Waals surface area contributed by atoms with Crippen LogP contribution in [-0.2, 0) is 0 Å². The van der Waals surface area contributed by atoms with E-state index >= 15 is 0 Å². The summed E-state index contributed by atoms with van der Waals surface area (Å²) in [5, 5.41) is 0.